The number of nitrogens with zero attached hydrogens (tertiary/aromatic N) is 4. The molecule has 59 heavy (non-hydrogen) atoms. The zero-order chi connectivity index (χ0) is 40.3. The van der Waals surface area contributed by atoms with Crippen LogP contribution in [0.1, 0.15) is 69.4 Å². The Morgan fingerprint density at radius 2 is 1.34 bits per heavy atom. The second-order valence-corrected chi connectivity index (χ2v) is 17.7. The molecule has 0 aliphatic carbocycles. The molecule has 0 radical (unpaired) electrons. The first-order chi connectivity index (χ1) is 27.8. The molecule has 0 unspecified atom stereocenters. The predicted octanol–water partition coefficient (Wildman–Crippen LogP) is 13.7. The SMILES string of the molecule is Cc1cc2c(cc1C)N(c1[c-]c(Oc3[c-]c4c(cc3)c3ccccc3n4-c3cc(C(C)(C)C)ccn3)ccc1)[CH-]N2Cc1cc(-c2ccccc2)cc(C(C)(C)C)c1.[Pt]. The minimum absolute atomic E-state index is 0. The van der Waals surface area contributed by atoms with E-state index in [2.05, 4.69) is 198 Å². The fraction of sp³-hybridized carbons (Fsp3) is 0.208. The van der Waals surface area contributed by atoms with E-state index in [1.54, 1.807) is 0 Å². The van der Waals surface area contributed by atoms with Gasteiger partial charge < -0.3 is 19.1 Å². The van der Waals surface area contributed by atoms with E-state index in [0.717, 1.165) is 45.5 Å². The van der Waals surface area contributed by atoms with Crippen molar-refractivity contribution >= 4 is 38.9 Å². The van der Waals surface area contributed by atoms with Gasteiger partial charge in [-0.1, -0.05) is 108 Å². The van der Waals surface area contributed by atoms with Crippen LogP contribution in [-0.2, 0) is 38.4 Å². The van der Waals surface area contributed by atoms with Gasteiger partial charge in [0.2, 0.25) is 0 Å². The van der Waals surface area contributed by atoms with Gasteiger partial charge in [0.25, 0.3) is 0 Å². The molecular weight excluding hydrogens is 904 g/mol. The Bertz CT molecular complexity index is 2830. The number of benzene rings is 6. The van der Waals surface area contributed by atoms with Crippen molar-refractivity contribution in [3.8, 4) is 28.4 Å². The summed E-state index contributed by atoms with van der Waals surface area (Å²) in [6.45, 7) is 20.8. The predicted molar refractivity (Wildman–Crippen MR) is 241 cm³/mol. The Balaban J connectivity index is 0.00000484. The van der Waals surface area contributed by atoms with E-state index in [1.807, 2.05) is 24.4 Å². The number of pyridine rings is 1. The van der Waals surface area contributed by atoms with Crippen molar-refractivity contribution in [1.29, 1.82) is 0 Å². The van der Waals surface area contributed by atoms with Crippen LogP contribution in [0.25, 0.3) is 38.8 Å². The minimum Gasteiger partial charge on any atom is -0.509 e. The summed E-state index contributed by atoms with van der Waals surface area (Å²) >= 11 is 0. The standard InChI is InChI=1S/C53H49N4O.Pt/c1-35-25-49-50(26-36(35)2)56(34-55(49)33-37-27-39(38-15-10-9-11-16-38)29-41(28-37)53(6,7)8)42-17-14-18-43(31-42)58-44-21-22-46-45-19-12-13-20-47(45)57(48(46)32-44)51-30-40(23-24-54-51)52(3,4)5;/h9-30,34H,33H2,1-8H3;/q-3;. The molecule has 0 fully saturated rings. The maximum Gasteiger partial charge on any atom is 0.135 e. The number of anilines is 3. The van der Waals surface area contributed by atoms with Crippen LogP contribution >= 0.6 is 0 Å². The van der Waals surface area contributed by atoms with E-state index in [0.29, 0.717) is 11.5 Å². The number of ether oxygens (including phenoxy) is 1. The van der Waals surface area contributed by atoms with E-state index in [4.69, 9.17) is 9.72 Å². The van der Waals surface area contributed by atoms with Crippen molar-refractivity contribution in [3.05, 3.63) is 180 Å². The smallest absolute Gasteiger partial charge is 0.135 e. The fourth-order valence-electron chi connectivity index (χ4n) is 7.93. The van der Waals surface area contributed by atoms with Gasteiger partial charge in [-0.15, -0.1) is 41.4 Å². The summed E-state index contributed by atoms with van der Waals surface area (Å²) in [5.41, 5.74) is 14.0. The normalized spacial score (nSPS) is 12.9. The van der Waals surface area contributed by atoms with Gasteiger partial charge >= 0.3 is 0 Å². The number of aromatic nitrogens is 2. The molecule has 6 aromatic carbocycles. The first-order valence-electron chi connectivity index (χ1n) is 20.1. The molecule has 0 saturated carbocycles. The third kappa shape index (κ3) is 7.81. The van der Waals surface area contributed by atoms with Crippen molar-refractivity contribution in [2.24, 2.45) is 0 Å². The molecule has 0 amide bonds. The molecule has 0 spiro atoms. The van der Waals surface area contributed by atoms with Gasteiger partial charge in [0.05, 0.1) is 0 Å². The number of rotatable bonds is 7. The maximum absolute atomic E-state index is 6.61. The van der Waals surface area contributed by atoms with Crippen LogP contribution < -0.4 is 14.5 Å². The average Bonchev–Trinajstić information content (AvgIpc) is 3.72. The molecule has 0 bridgehead atoms. The van der Waals surface area contributed by atoms with Crippen LogP contribution in [0.3, 0.4) is 0 Å². The number of para-hydroxylation sites is 1. The van der Waals surface area contributed by atoms with E-state index in [9.17, 15) is 0 Å². The Hall–Kier alpha value is -5.64. The van der Waals surface area contributed by atoms with Crippen LogP contribution in [0.2, 0.25) is 0 Å². The zero-order valence-electron chi connectivity index (χ0n) is 35.0. The summed E-state index contributed by atoms with van der Waals surface area (Å²) in [6, 6.07) is 52.5. The molecule has 3 heterocycles. The Kier molecular flexibility index (Phi) is 10.6. The van der Waals surface area contributed by atoms with Gasteiger partial charge in [-0.2, -0.15) is 18.8 Å². The number of fused-ring (bicyclic) bond motifs is 4. The van der Waals surface area contributed by atoms with E-state index in [1.165, 1.54) is 44.6 Å². The monoisotopic (exact) mass is 952 g/mol. The van der Waals surface area contributed by atoms with Gasteiger partial charge in [-0.25, -0.2) is 4.98 Å². The Labute approximate surface area is 363 Å². The third-order valence-electron chi connectivity index (χ3n) is 11.4. The molecule has 300 valence electrons. The summed E-state index contributed by atoms with van der Waals surface area (Å²) in [6.07, 6.45) is 1.90. The van der Waals surface area contributed by atoms with Crippen molar-refractivity contribution in [2.75, 3.05) is 9.80 Å². The van der Waals surface area contributed by atoms with Gasteiger partial charge in [0.1, 0.15) is 5.82 Å². The van der Waals surface area contributed by atoms with Crippen molar-refractivity contribution < 1.29 is 25.8 Å². The van der Waals surface area contributed by atoms with Crippen LogP contribution in [0.5, 0.6) is 11.5 Å². The summed E-state index contributed by atoms with van der Waals surface area (Å²) in [4.78, 5) is 9.44. The average molecular weight is 953 g/mol. The first kappa shape index (κ1) is 40.2. The second kappa shape index (κ2) is 15.5. The molecule has 8 aromatic rings. The first-order valence-corrected chi connectivity index (χ1v) is 20.1. The summed E-state index contributed by atoms with van der Waals surface area (Å²) in [5, 5.41) is 2.25. The molecule has 1 aliphatic rings. The number of hydrogen-bond donors (Lipinski definition) is 0. The summed E-state index contributed by atoms with van der Waals surface area (Å²) in [7, 11) is 0. The van der Waals surface area contributed by atoms with Gasteiger partial charge in [-0.3, -0.25) is 0 Å². The molecular formula is C53H49N4OPt-3. The topological polar surface area (TPSA) is 33.5 Å². The molecule has 6 heteroatoms. The largest absolute Gasteiger partial charge is 0.509 e. The van der Waals surface area contributed by atoms with Crippen molar-refractivity contribution in [2.45, 2.75) is 72.8 Å². The van der Waals surface area contributed by atoms with Gasteiger partial charge in [-0.05, 0) is 105 Å². The molecule has 5 nitrogen and oxygen atoms in total. The number of aryl methyl sites for hydroxylation is 2. The summed E-state index contributed by atoms with van der Waals surface area (Å²) < 4.78 is 8.80. The molecule has 0 N–H and O–H groups in total. The molecule has 2 aromatic heterocycles. The third-order valence-corrected chi connectivity index (χ3v) is 11.4. The van der Waals surface area contributed by atoms with Gasteiger partial charge in [0.15, 0.2) is 0 Å². The van der Waals surface area contributed by atoms with Crippen LogP contribution in [-0.4, -0.2) is 9.55 Å². The zero-order valence-corrected chi connectivity index (χ0v) is 37.3. The van der Waals surface area contributed by atoms with Gasteiger partial charge in [0, 0.05) is 62.2 Å². The minimum atomic E-state index is -0.0135. The van der Waals surface area contributed by atoms with Crippen LogP contribution in [0, 0.1) is 32.6 Å². The molecule has 1 aliphatic heterocycles. The second-order valence-electron chi connectivity index (χ2n) is 17.7. The van der Waals surface area contributed by atoms with Crippen molar-refractivity contribution in [1.82, 2.24) is 9.55 Å². The molecule has 0 saturated heterocycles. The van der Waals surface area contributed by atoms with E-state index >= 15 is 0 Å². The number of hydrogen-bond acceptors (Lipinski definition) is 4. The Morgan fingerprint density at radius 1 is 0.627 bits per heavy atom. The van der Waals surface area contributed by atoms with Crippen molar-refractivity contribution in [3.63, 3.8) is 0 Å². The maximum atomic E-state index is 6.61. The Morgan fingerprint density at radius 3 is 2.10 bits per heavy atom. The van der Waals surface area contributed by atoms with E-state index in [-0.39, 0.29) is 31.9 Å². The quantitative estimate of drug-likeness (QED) is 0.149. The van der Waals surface area contributed by atoms with Crippen LogP contribution in [0.15, 0.2) is 134 Å². The molecule has 0 atom stereocenters. The van der Waals surface area contributed by atoms with Crippen LogP contribution in [0.4, 0.5) is 17.1 Å². The summed E-state index contributed by atoms with van der Waals surface area (Å²) in [5.74, 6) is 2.09. The molecule has 9 rings (SSSR count). The van der Waals surface area contributed by atoms with E-state index < -0.39 is 0 Å². The fourth-order valence-corrected chi connectivity index (χ4v) is 7.93.